The van der Waals surface area contributed by atoms with Crippen molar-refractivity contribution in [3.63, 3.8) is 0 Å². The normalized spacial score (nSPS) is 12.2. The van der Waals surface area contributed by atoms with Crippen molar-refractivity contribution < 1.29 is 5.11 Å². The molecular formula is C23H32OSi2. The van der Waals surface area contributed by atoms with Crippen LogP contribution in [-0.4, -0.2) is 27.4 Å². The van der Waals surface area contributed by atoms with Crippen LogP contribution in [0.2, 0.25) is 38.3 Å². The Bertz CT molecular complexity index is 683. The van der Waals surface area contributed by atoms with Crippen molar-refractivity contribution in [2.45, 2.75) is 44.4 Å². The molecule has 0 atom stereocenters. The van der Waals surface area contributed by atoms with Gasteiger partial charge in [-0.15, -0.1) is 0 Å². The van der Waals surface area contributed by atoms with Crippen LogP contribution in [0.15, 0.2) is 85.0 Å². The molecule has 26 heavy (non-hydrogen) atoms. The van der Waals surface area contributed by atoms with Crippen LogP contribution in [0.5, 0.6) is 0 Å². The minimum absolute atomic E-state index is 0.610. The highest BCUT2D eigenvalue weighted by molar-refractivity contribution is 6.90. The second kappa shape index (κ2) is 8.34. The van der Waals surface area contributed by atoms with Gasteiger partial charge in [-0.25, -0.2) is 0 Å². The molecule has 0 aliphatic rings. The lowest BCUT2D eigenvalue weighted by molar-refractivity contribution is 0.247. The van der Waals surface area contributed by atoms with E-state index in [1.165, 1.54) is 10.4 Å². The van der Waals surface area contributed by atoms with E-state index in [9.17, 15) is 5.11 Å². The SMILES string of the molecule is C=C(C[Si](C)(C)c1ccccc1)C(O)C(=C)C[Si](C)(C)c1ccccc1. The maximum absolute atomic E-state index is 10.9. The van der Waals surface area contributed by atoms with Crippen LogP contribution in [0.4, 0.5) is 0 Å². The van der Waals surface area contributed by atoms with Crippen LogP contribution >= 0.6 is 0 Å². The second-order valence-corrected chi connectivity index (χ2v) is 18.0. The van der Waals surface area contributed by atoms with E-state index in [2.05, 4.69) is 100 Å². The van der Waals surface area contributed by atoms with Gasteiger partial charge in [0.2, 0.25) is 0 Å². The smallest absolute Gasteiger partial charge is 0.0950 e. The van der Waals surface area contributed by atoms with Gasteiger partial charge < -0.3 is 5.11 Å². The minimum atomic E-state index is -1.66. The number of aliphatic hydroxyl groups excluding tert-OH is 1. The fourth-order valence-corrected chi connectivity index (χ4v) is 8.86. The van der Waals surface area contributed by atoms with Gasteiger partial charge in [0.25, 0.3) is 0 Å². The van der Waals surface area contributed by atoms with Crippen LogP contribution < -0.4 is 10.4 Å². The second-order valence-electron chi connectivity index (χ2n) is 8.57. The molecule has 1 nitrogen and oxygen atoms in total. The monoisotopic (exact) mass is 380 g/mol. The third kappa shape index (κ3) is 5.16. The van der Waals surface area contributed by atoms with Gasteiger partial charge in [-0.3, -0.25) is 0 Å². The van der Waals surface area contributed by atoms with Gasteiger partial charge in [0.15, 0.2) is 0 Å². The first kappa shape index (κ1) is 20.6. The summed E-state index contributed by atoms with van der Waals surface area (Å²) in [7, 11) is -3.33. The highest BCUT2D eigenvalue weighted by Crippen LogP contribution is 2.26. The molecule has 0 unspecified atom stereocenters. The van der Waals surface area contributed by atoms with Crippen LogP contribution in [0.25, 0.3) is 0 Å². The van der Waals surface area contributed by atoms with Crippen LogP contribution in [-0.2, 0) is 0 Å². The third-order valence-electron chi connectivity index (χ3n) is 5.22. The summed E-state index contributed by atoms with van der Waals surface area (Å²) in [5, 5.41) is 13.7. The van der Waals surface area contributed by atoms with Crippen molar-refractivity contribution in [3.8, 4) is 0 Å². The molecule has 0 saturated heterocycles. The Balaban J connectivity index is 2.04. The molecule has 0 aromatic heterocycles. The van der Waals surface area contributed by atoms with Gasteiger partial charge in [0, 0.05) is 0 Å². The summed E-state index contributed by atoms with van der Waals surface area (Å²) in [6.07, 6.45) is -0.610. The molecule has 0 heterocycles. The lowest BCUT2D eigenvalue weighted by atomic mass is 10.1. The number of benzene rings is 2. The van der Waals surface area contributed by atoms with E-state index < -0.39 is 22.3 Å². The summed E-state index contributed by atoms with van der Waals surface area (Å²) >= 11 is 0. The number of hydrogen-bond acceptors (Lipinski definition) is 1. The van der Waals surface area contributed by atoms with Crippen molar-refractivity contribution in [2.75, 3.05) is 0 Å². The van der Waals surface area contributed by atoms with Gasteiger partial charge in [-0.05, 0) is 23.2 Å². The summed E-state index contributed by atoms with van der Waals surface area (Å²) in [4.78, 5) is 0. The predicted octanol–water partition coefficient (Wildman–Crippen LogP) is 4.69. The maximum atomic E-state index is 10.9. The molecular weight excluding hydrogens is 348 g/mol. The van der Waals surface area contributed by atoms with Crippen LogP contribution in [0.1, 0.15) is 0 Å². The summed E-state index contributed by atoms with van der Waals surface area (Å²) < 4.78 is 0. The number of aliphatic hydroxyl groups is 1. The average Bonchev–Trinajstić information content (AvgIpc) is 2.61. The predicted molar refractivity (Wildman–Crippen MR) is 121 cm³/mol. The van der Waals surface area contributed by atoms with Crippen molar-refractivity contribution in [2.24, 2.45) is 0 Å². The van der Waals surface area contributed by atoms with Gasteiger partial charge in [-0.1, -0.05) is 110 Å². The molecule has 2 aromatic carbocycles. The third-order valence-corrected chi connectivity index (χ3v) is 11.7. The first-order valence-corrected chi connectivity index (χ1v) is 15.7. The van der Waals surface area contributed by atoms with E-state index in [0.29, 0.717) is 0 Å². The molecule has 0 amide bonds. The summed E-state index contributed by atoms with van der Waals surface area (Å²) in [5.74, 6) is 0. The molecule has 2 aromatic rings. The fraction of sp³-hybridized carbons (Fsp3) is 0.304. The van der Waals surface area contributed by atoms with Crippen molar-refractivity contribution in [3.05, 3.63) is 85.0 Å². The molecule has 0 aliphatic carbocycles. The van der Waals surface area contributed by atoms with E-state index >= 15 is 0 Å². The molecule has 1 N–H and O–H groups in total. The Morgan fingerprint density at radius 2 is 1.04 bits per heavy atom. The Kier molecular flexibility index (Phi) is 6.61. The van der Waals surface area contributed by atoms with Gasteiger partial charge in [0.1, 0.15) is 0 Å². The van der Waals surface area contributed by atoms with E-state index in [-0.39, 0.29) is 0 Å². The van der Waals surface area contributed by atoms with E-state index in [1.807, 2.05) is 0 Å². The number of hydrogen-bond donors (Lipinski definition) is 1. The van der Waals surface area contributed by atoms with E-state index in [1.54, 1.807) is 0 Å². The Morgan fingerprint density at radius 1 is 0.731 bits per heavy atom. The van der Waals surface area contributed by atoms with Gasteiger partial charge >= 0.3 is 0 Å². The van der Waals surface area contributed by atoms with Gasteiger partial charge in [0.05, 0.1) is 22.3 Å². The molecule has 0 aliphatic heterocycles. The standard InChI is InChI=1S/C23H32OSi2/c1-19(17-25(3,4)21-13-9-7-10-14-21)23(24)20(2)18-26(5,6)22-15-11-8-12-16-22/h7-16,23-24H,1-2,17-18H2,3-6H3. The molecule has 0 saturated carbocycles. The number of rotatable bonds is 8. The first-order chi connectivity index (χ1) is 12.1. The Morgan fingerprint density at radius 3 is 1.35 bits per heavy atom. The molecule has 3 heteroatoms. The highest BCUT2D eigenvalue weighted by Gasteiger charge is 2.30. The van der Waals surface area contributed by atoms with Crippen molar-refractivity contribution >= 4 is 26.5 Å². The zero-order valence-corrected chi connectivity index (χ0v) is 18.6. The molecule has 0 bridgehead atoms. The average molecular weight is 381 g/mol. The molecule has 0 spiro atoms. The fourth-order valence-electron chi connectivity index (χ4n) is 3.60. The topological polar surface area (TPSA) is 20.2 Å². The molecule has 0 radical (unpaired) electrons. The summed E-state index contributed by atoms with van der Waals surface area (Å²) in [6.45, 7) is 17.8. The lowest BCUT2D eigenvalue weighted by Crippen LogP contribution is -2.44. The molecule has 0 fully saturated rings. The van der Waals surface area contributed by atoms with Crippen molar-refractivity contribution in [1.29, 1.82) is 0 Å². The highest BCUT2D eigenvalue weighted by atomic mass is 28.3. The largest absolute Gasteiger partial charge is 0.384 e. The first-order valence-electron chi connectivity index (χ1n) is 9.28. The molecule has 2 rings (SSSR count). The van der Waals surface area contributed by atoms with E-state index in [4.69, 9.17) is 0 Å². The maximum Gasteiger partial charge on any atom is 0.0950 e. The van der Waals surface area contributed by atoms with Crippen molar-refractivity contribution in [1.82, 2.24) is 0 Å². The van der Waals surface area contributed by atoms with Crippen LogP contribution in [0, 0.1) is 0 Å². The minimum Gasteiger partial charge on any atom is -0.384 e. The zero-order valence-electron chi connectivity index (χ0n) is 16.6. The lowest BCUT2D eigenvalue weighted by Gasteiger charge is -2.30. The van der Waals surface area contributed by atoms with Gasteiger partial charge in [-0.2, -0.15) is 0 Å². The quantitative estimate of drug-likeness (QED) is 0.520. The zero-order chi connectivity index (χ0) is 19.4. The molecule has 138 valence electrons. The van der Waals surface area contributed by atoms with Crippen LogP contribution in [0.3, 0.4) is 0 Å². The Hall–Kier alpha value is -1.69. The summed E-state index contributed by atoms with van der Waals surface area (Å²) in [6, 6.07) is 23.0. The Labute approximate surface area is 161 Å². The van der Waals surface area contributed by atoms with E-state index in [0.717, 1.165) is 23.2 Å². The summed E-state index contributed by atoms with van der Waals surface area (Å²) in [5.41, 5.74) is 1.82.